The Balaban J connectivity index is 1.56. The molecule has 0 spiro atoms. The summed E-state index contributed by atoms with van der Waals surface area (Å²) in [5.74, 6) is 0.383. The lowest BCUT2D eigenvalue weighted by molar-refractivity contribution is -0.0685. The van der Waals surface area contributed by atoms with E-state index in [1.54, 1.807) is 11.1 Å². The van der Waals surface area contributed by atoms with E-state index in [2.05, 4.69) is 28.9 Å². The van der Waals surface area contributed by atoms with Crippen LogP contribution in [0.3, 0.4) is 0 Å². The minimum Gasteiger partial charge on any atom is -0.381 e. The molecule has 3 rings (SSSR count). The molecule has 1 aromatic rings. The zero-order valence-electron chi connectivity index (χ0n) is 15.5. The van der Waals surface area contributed by atoms with Crippen molar-refractivity contribution in [3.63, 3.8) is 0 Å². The number of hydrogen-bond donors (Lipinski definition) is 1. The largest absolute Gasteiger partial charge is 0.381 e. The molecule has 140 valence electrons. The minimum absolute atomic E-state index is 0.0459. The lowest BCUT2D eigenvalue weighted by Crippen LogP contribution is -2.48. The van der Waals surface area contributed by atoms with Gasteiger partial charge in [-0.25, -0.2) is 0 Å². The summed E-state index contributed by atoms with van der Waals surface area (Å²) in [5, 5.41) is 7.18. The molecule has 7 heteroatoms. The van der Waals surface area contributed by atoms with Crippen LogP contribution in [-0.4, -0.2) is 84.6 Å². The number of nitrogens with zero attached hydrogens (tertiary/aromatic N) is 3. The average Bonchev–Trinajstić information content (AvgIpc) is 3.08. The molecule has 0 aromatic carbocycles. The highest BCUT2D eigenvalue weighted by Gasteiger charge is 2.26. The van der Waals surface area contributed by atoms with Crippen molar-refractivity contribution in [2.45, 2.75) is 44.8 Å². The van der Waals surface area contributed by atoms with E-state index in [1.807, 2.05) is 7.05 Å². The van der Waals surface area contributed by atoms with E-state index in [-0.39, 0.29) is 18.1 Å². The first-order chi connectivity index (χ1) is 12.0. The second-order valence-electron chi connectivity index (χ2n) is 7.33. The molecular weight excluding hydrogens is 320 g/mol. The number of likely N-dealkylation sites (N-methyl/N-ethyl adjacent to an activating group) is 1. The zero-order chi connectivity index (χ0) is 17.8. The SMILES string of the molecule is C[C@@H]1CN(CCN(C)C(=O)c2cn[nH]c2C2CCOCC2)C[C@H](C)O1. The van der Waals surface area contributed by atoms with Gasteiger partial charge < -0.3 is 14.4 Å². The van der Waals surface area contributed by atoms with E-state index in [0.717, 1.165) is 51.4 Å². The van der Waals surface area contributed by atoms with Gasteiger partial charge in [0.05, 0.1) is 29.7 Å². The maximum absolute atomic E-state index is 12.9. The van der Waals surface area contributed by atoms with Crippen molar-refractivity contribution in [1.29, 1.82) is 0 Å². The summed E-state index contributed by atoms with van der Waals surface area (Å²) in [6.45, 7) is 9.12. The van der Waals surface area contributed by atoms with Gasteiger partial charge in [0, 0.05) is 52.4 Å². The number of amides is 1. The first-order valence-electron chi connectivity index (χ1n) is 9.29. The second kappa shape index (κ2) is 8.29. The Kier molecular flexibility index (Phi) is 6.09. The average molecular weight is 350 g/mol. The van der Waals surface area contributed by atoms with Crippen LogP contribution < -0.4 is 0 Å². The van der Waals surface area contributed by atoms with Crippen LogP contribution in [0.25, 0.3) is 0 Å². The van der Waals surface area contributed by atoms with Crippen molar-refractivity contribution >= 4 is 5.91 Å². The number of hydrogen-bond acceptors (Lipinski definition) is 5. The molecule has 0 bridgehead atoms. The van der Waals surface area contributed by atoms with Crippen molar-refractivity contribution in [2.75, 3.05) is 46.4 Å². The Morgan fingerprint density at radius 3 is 2.68 bits per heavy atom. The first kappa shape index (κ1) is 18.4. The number of carbonyl (C=O) groups is 1. The molecule has 0 aliphatic carbocycles. The molecule has 3 heterocycles. The zero-order valence-corrected chi connectivity index (χ0v) is 15.5. The standard InChI is InChI=1S/C18H30N4O3/c1-13-11-22(12-14(2)25-13)7-6-21(3)18(23)16-10-19-20-17(16)15-4-8-24-9-5-15/h10,13-15H,4-9,11-12H2,1-3H3,(H,19,20)/t13-,14+. The molecule has 1 N–H and O–H groups in total. The summed E-state index contributed by atoms with van der Waals surface area (Å²) < 4.78 is 11.2. The Bertz CT molecular complexity index is 560. The van der Waals surface area contributed by atoms with Crippen LogP contribution >= 0.6 is 0 Å². The Morgan fingerprint density at radius 1 is 1.32 bits per heavy atom. The quantitative estimate of drug-likeness (QED) is 0.871. The van der Waals surface area contributed by atoms with Crippen LogP contribution in [0.15, 0.2) is 6.20 Å². The lowest BCUT2D eigenvalue weighted by atomic mass is 9.93. The van der Waals surface area contributed by atoms with Crippen LogP contribution in [0.1, 0.15) is 48.7 Å². The fourth-order valence-electron chi connectivity index (χ4n) is 3.83. The molecule has 2 saturated heterocycles. The van der Waals surface area contributed by atoms with E-state index in [0.29, 0.717) is 18.0 Å². The van der Waals surface area contributed by atoms with Gasteiger partial charge in [-0.05, 0) is 26.7 Å². The van der Waals surface area contributed by atoms with Crippen molar-refractivity contribution < 1.29 is 14.3 Å². The Hall–Kier alpha value is -1.44. The smallest absolute Gasteiger partial charge is 0.257 e. The predicted octanol–water partition coefficient (Wildman–Crippen LogP) is 1.48. The number of H-pyrrole nitrogens is 1. The summed E-state index contributed by atoms with van der Waals surface area (Å²) in [4.78, 5) is 17.0. The van der Waals surface area contributed by atoms with Gasteiger partial charge in [-0.1, -0.05) is 0 Å². The van der Waals surface area contributed by atoms with Crippen molar-refractivity contribution in [2.24, 2.45) is 0 Å². The van der Waals surface area contributed by atoms with Gasteiger partial charge in [-0.3, -0.25) is 14.8 Å². The third-order valence-electron chi connectivity index (χ3n) is 5.12. The van der Waals surface area contributed by atoms with E-state index in [9.17, 15) is 4.79 Å². The van der Waals surface area contributed by atoms with Crippen LogP contribution in [0, 0.1) is 0 Å². The highest BCUT2D eigenvalue weighted by Crippen LogP contribution is 2.28. The minimum atomic E-state index is 0.0459. The number of morpholine rings is 1. The first-order valence-corrected chi connectivity index (χ1v) is 9.29. The fourth-order valence-corrected chi connectivity index (χ4v) is 3.83. The number of aromatic amines is 1. The molecule has 0 saturated carbocycles. The van der Waals surface area contributed by atoms with Gasteiger partial charge in [0.1, 0.15) is 0 Å². The van der Waals surface area contributed by atoms with Crippen LogP contribution in [0.5, 0.6) is 0 Å². The van der Waals surface area contributed by atoms with Gasteiger partial charge in [0.2, 0.25) is 0 Å². The third-order valence-corrected chi connectivity index (χ3v) is 5.12. The maximum Gasteiger partial charge on any atom is 0.257 e. The second-order valence-corrected chi connectivity index (χ2v) is 7.33. The van der Waals surface area contributed by atoms with E-state index in [4.69, 9.17) is 9.47 Å². The summed E-state index contributed by atoms with van der Waals surface area (Å²) in [6.07, 6.45) is 4.05. The predicted molar refractivity (Wildman–Crippen MR) is 94.8 cm³/mol. The molecule has 1 aromatic heterocycles. The van der Waals surface area contributed by atoms with E-state index < -0.39 is 0 Å². The molecule has 0 radical (unpaired) electrons. The molecule has 1 amide bonds. The van der Waals surface area contributed by atoms with Gasteiger partial charge >= 0.3 is 0 Å². The maximum atomic E-state index is 12.9. The fraction of sp³-hybridized carbons (Fsp3) is 0.778. The van der Waals surface area contributed by atoms with Gasteiger partial charge in [-0.2, -0.15) is 5.10 Å². The number of nitrogens with one attached hydrogen (secondary N) is 1. The molecule has 2 aliphatic heterocycles. The van der Waals surface area contributed by atoms with E-state index in [1.165, 1.54) is 0 Å². The molecule has 2 fully saturated rings. The number of rotatable bonds is 5. The summed E-state index contributed by atoms with van der Waals surface area (Å²) >= 11 is 0. The summed E-state index contributed by atoms with van der Waals surface area (Å²) in [7, 11) is 1.87. The number of carbonyl (C=O) groups excluding carboxylic acids is 1. The van der Waals surface area contributed by atoms with Crippen molar-refractivity contribution in [1.82, 2.24) is 20.0 Å². The lowest BCUT2D eigenvalue weighted by Gasteiger charge is -2.36. The van der Waals surface area contributed by atoms with E-state index >= 15 is 0 Å². The molecule has 2 aliphatic rings. The summed E-state index contributed by atoms with van der Waals surface area (Å²) in [5.41, 5.74) is 1.67. The van der Waals surface area contributed by atoms with Gasteiger partial charge in [0.25, 0.3) is 5.91 Å². The molecular formula is C18H30N4O3. The normalized spacial score (nSPS) is 25.9. The highest BCUT2D eigenvalue weighted by atomic mass is 16.5. The molecule has 25 heavy (non-hydrogen) atoms. The third kappa shape index (κ3) is 4.59. The molecule has 2 atom stereocenters. The topological polar surface area (TPSA) is 70.7 Å². The van der Waals surface area contributed by atoms with Gasteiger partial charge in [0.15, 0.2) is 0 Å². The molecule has 7 nitrogen and oxygen atoms in total. The van der Waals surface area contributed by atoms with Crippen LogP contribution in [-0.2, 0) is 9.47 Å². The Labute approximate surface area is 149 Å². The van der Waals surface area contributed by atoms with Crippen molar-refractivity contribution in [3.05, 3.63) is 17.5 Å². The monoisotopic (exact) mass is 350 g/mol. The van der Waals surface area contributed by atoms with Crippen LogP contribution in [0.2, 0.25) is 0 Å². The summed E-state index contributed by atoms with van der Waals surface area (Å²) in [6, 6.07) is 0. The van der Waals surface area contributed by atoms with Crippen molar-refractivity contribution in [3.8, 4) is 0 Å². The highest BCUT2D eigenvalue weighted by molar-refractivity contribution is 5.95. The number of ether oxygens (including phenoxy) is 2. The Morgan fingerprint density at radius 2 is 2.00 bits per heavy atom. The van der Waals surface area contributed by atoms with Gasteiger partial charge in [-0.15, -0.1) is 0 Å². The van der Waals surface area contributed by atoms with Crippen LogP contribution in [0.4, 0.5) is 0 Å². The molecule has 0 unspecified atom stereocenters. The number of aromatic nitrogens is 2.